The van der Waals surface area contributed by atoms with Crippen molar-refractivity contribution in [3.8, 4) is 0 Å². The van der Waals surface area contributed by atoms with Crippen LogP contribution in [0.1, 0.15) is 316 Å². The van der Waals surface area contributed by atoms with Crippen molar-refractivity contribution in [2.75, 3.05) is 13.2 Å². The van der Waals surface area contributed by atoms with Gasteiger partial charge in [0.05, 0.1) is 0 Å². The van der Waals surface area contributed by atoms with Crippen LogP contribution in [-0.4, -0.2) is 37.2 Å². The van der Waals surface area contributed by atoms with Gasteiger partial charge >= 0.3 is 17.9 Å². The molecule has 0 radical (unpaired) electrons. The van der Waals surface area contributed by atoms with Crippen molar-refractivity contribution in [2.24, 2.45) is 0 Å². The zero-order chi connectivity index (χ0) is 50.0. The third-order valence-corrected chi connectivity index (χ3v) is 13.3. The van der Waals surface area contributed by atoms with Crippen LogP contribution >= 0.6 is 0 Å². The number of esters is 3. The van der Waals surface area contributed by atoms with E-state index in [-0.39, 0.29) is 31.1 Å². The Labute approximate surface area is 428 Å². The Morgan fingerprint density at radius 2 is 0.522 bits per heavy atom. The highest BCUT2D eigenvalue weighted by atomic mass is 16.6. The fourth-order valence-corrected chi connectivity index (χ4v) is 8.74. The lowest BCUT2D eigenvalue weighted by Gasteiger charge is -2.18. The van der Waals surface area contributed by atoms with E-state index >= 15 is 0 Å². The molecule has 0 bridgehead atoms. The first kappa shape index (κ1) is 66.4. The van der Waals surface area contributed by atoms with Gasteiger partial charge in [-0.15, -0.1) is 0 Å². The van der Waals surface area contributed by atoms with E-state index in [0.29, 0.717) is 19.3 Å². The van der Waals surface area contributed by atoms with Crippen LogP contribution in [0.15, 0.2) is 48.6 Å². The number of hydrogen-bond donors (Lipinski definition) is 0. The second-order valence-corrected chi connectivity index (χ2v) is 20.3. The third-order valence-electron chi connectivity index (χ3n) is 13.3. The maximum atomic E-state index is 12.9. The number of rotatable bonds is 55. The lowest BCUT2D eigenvalue weighted by atomic mass is 10.1. The number of carbonyl (C=O) groups is 3. The summed E-state index contributed by atoms with van der Waals surface area (Å²) in [4.78, 5) is 38.2. The summed E-state index contributed by atoms with van der Waals surface area (Å²) in [5.41, 5.74) is 0. The number of allylic oxidation sites excluding steroid dienone is 8. The van der Waals surface area contributed by atoms with E-state index < -0.39 is 6.10 Å². The summed E-state index contributed by atoms with van der Waals surface area (Å²) in [6, 6.07) is 0. The van der Waals surface area contributed by atoms with Gasteiger partial charge in [-0.05, 0) is 83.5 Å². The molecule has 69 heavy (non-hydrogen) atoms. The SMILES string of the molecule is CCCCCCC/C=C\C/C=C\C/C=C\CCCCCCCCC(=O)OCC(COC(=O)CCCCCCCCCCCCC)OC(=O)CCCCCCCCCCC/C=C\CCCCCCCC. The molecule has 0 aliphatic rings. The van der Waals surface area contributed by atoms with E-state index in [1.165, 1.54) is 199 Å². The van der Waals surface area contributed by atoms with Gasteiger partial charge < -0.3 is 14.2 Å². The molecular formula is C63H114O6. The zero-order valence-electron chi connectivity index (χ0n) is 46.1. The predicted octanol–water partition coefficient (Wildman–Crippen LogP) is 20.2. The highest BCUT2D eigenvalue weighted by Gasteiger charge is 2.19. The van der Waals surface area contributed by atoms with Gasteiger partial charge in [0.2, 0.25) is 0 Å². The Kier molecular flexibility index (Phi) is 55.7. The topological polar surface area (TPSA) is 78.9 Å². The molecule has 0 saturated carbocycles. The lowest BCUT2D eigenvalue weighted by molar-refractivity contribution is -0.167. The van der Waals surface area contributed by atoms with E-state index in [4.69, 9.17) is 14.2 Å². The van der Waals surface area contributed by atoms with E-state index in [1.54, 1.807) is 0 Å². The Bertz CT molecular complexity index is 1200. The van der Waals surface area contributed by atoms with Crippen molar-refractivity contribution < 1.29 is 28.6 Å². The smallest absolute Gasteiger partial charge is 0.306 e. The number of ether oxygens (including phenoxy) is 3. The summed E-state index contributed by atoms with van der Waals surface area (Å²) < 4.78 is 16.9. The Morgan fingerprint density at radius 3 is 0.826 bits per heavy atom. The molecule has 0 N–H and O–H groups in total. The van der Waals surface area contributed by atoms with E-state index in [9.17, 15) is 14.4 Å². The maximum Gasteiger partial charge on any atom is 0.306 e. The highest BCUT2D eigenvalue weighted by molar-refractivity contribution is 5.71. The van der Waals surface area contributed by atoms with Crippen molar-refractivity contribution >= 4 is 17.9 Å². The van der Waals surface area contributed by atoms with E-state index in [2.05, 4.69) is 69.4 Å². The molecule has 0 aliphatic carbocycles. The molecule has 0 aromatic carbocycles. The van der Waals surface area contributed by atoms with Crippen molar-refractivity contribution in [1.82, 2.24) is 0 Å². The molecule has 0 heterocycles. The van der Waals surface area contributed by atoms with Crippen LogP contribution in [0.25, 0.3) is 0 Å². The van der Waals surface area contributed by atoms with Gasteiger partial charge in [0, 0.05) is 19.3 Å². The quantitative estimate of drug-likeness (QED) is 0.0262. The van der Waals surface area contributed by atoms with Crippen molar-refractivity contribution in [3.05, 3.63) is 48.6 Å². The molecule has 0 rings (SSSR count). The van der Waals surface area contributed by atoms with Crippen LogP contribution in [0.2, 0.25) is 0 Å². The van der Waals surface area contributed by atoms with Crippen molar-refractivity contribution in [2.45, 2.75) is 322 Å². The molecule has 0 fully saturated rings. The van der Waals surface area contributed by atoms with Crippen LogP contribution in [0.4, 0.5) is 0 Å². The number of carbonyl (C=O) groups excluding carboxylic acids is 3. The predicted molar refractivity (Wildman–Crippen MR) is 298 cm³/mol. The summed E-state index contributed by atoms with van der Waals surface area (Å²) in [5.74, 6) is -0.876. The van der Waals surface area contributed by atoms with Crippen LogP contribution in [0, 0.1) is 0 Å². The molecule has 6 heteroatoms. The van der Waals surface area contributed by atoms with Crippen molar-refractivity contribution in [1.29, 1.82) is 0 Å². The van der Waals surface area contributed by atoms with Gasteiger partial charge in [0.15, 0.2) is 6.10 Å². The van der Waals surface area contributed by atoms with Gasteiger partial charge in [0.25, 0.3) is 0 Å². The minimum absolute atomic E-state index is 0.0752. The summed E-state index contributed by atoms with van der Waals surface area (Å²) in [7, 11) is 0. The van der Waals surface area contributed by atoms with E-state index in [1.807, 2.05) is 0 Å². The molecule has 1 atom stereocenters. The van der Waals surface area contributed by atoms with Crippen LogP contribution in [0.5, 0.6) is 0 Å². The fourth-order valence-electron chi connectivity index (χ4n) is 8.74. The second-order valence-electron chi connectivity index (χ2n) is 20.3. The van der Waals surface area contributed by atoms with Gasteiger partial charge in [-0.2, -0.15) is 0 Å². The third kappa shape index (κ3) is 56.2. The van der Waals surface area contributed by atoms with Gasteiger partial charge in [0.1, 0.15) is 13.2 Å². The minimum atomic E-state index is -0.777. The molecule has 0 saturated heterocycles. The number of hydrogen-bond acceptors (Lipinski definition) is 6. The van der Waals surface area contributed by atoms with Gasteiger partial charge in [-0.1, -0.05) is 262 Å². The summed E-state index contributed by atoms with van der Waals surface area (Å²) >= 11 is 0. The Balaban J connectivity index is 4.32. The Morgan fingerprint density at radius 1 is 0.290 bits per heavy atom. The molecule has 402 valence electrons. The normalized spacial score (nSPS) is 12.3. The van der Waals surface area contributed by atoms with Crippen molar-refractivity contribution in [3.63, 3.8) is 0 Å². The minimum Gasteiger partial charge on any atom is -0.462 e. The summed E-state index contributed by atoms with van der Waals surface area (Å²) in [6.45, 7) is 6.64. The molecule has 0 aliphatic heterocycles. The zero-order valence-corrected chi connectivity index (χ0v) is 46.1. The van der Waals surface area contributed by atoms with Crippen LogP contribution in [-0.2, 0) is 28.6 Å². The van der Waals surface area contributed by atoms with Gasteiger partial charge in [-0.25, -0.2) is 0 Å². The van der Waals surface area contributed by atoms with Gasteiger partial charge in [-0.3, -0.25) is 14.4 Å². The lowest BCUT2D eigenvalue weighted by Crippen LogP contribution is -2.30. The second kappa shape index (κ2) is 57.9. The first-order chi connectivity index (χ1) is 34.0. The summed E-state index contributed by atoms with van der Waals surface area (Å²) in [5, 5.41) is 0. The monoisotopic (exact) mass is 967 g/mol. The fraction of sp³-hybridized carbons (Fsp3) is 0.825. The molecule has 0 spiro atoms. The standard InChI is InChI=1S/C63H114O6/c1-4-7-10-13-16-19-22-24-26-28-30-31-33-34-36-38-41-44-47-50-53-56-62(65)68-59-60(58-67-61(64)55-52-49-46-43-40-21-18-15-12-9-6-3)69-63(66)57-54-51-48-45-42-39-37-35-32-29-27-25-23-20-17-14-11-8-5-2/h22,24-25,27-28,30,33-34,60H,4-21,23,26,29,31-32,35-59H2,1-3H3/b24-22-,27-25-,30-28-,34-33-. The molecule has 1 unspecified atom stereocenters. The molecule has 0 aromatic heterocycles. The molecular weight excluding hydrogens is 853 g/mol. The maximum absolute atomic E-state index is 12.9. The largest absolute Gasteiger partial charge is 0.462 e. The van der Waals surface area contributed by atoms with Crippen LogP contribution in [0.3, 0.4) is 0 Å². The first-order valence-corrected chi connectivity index (χ1v) is 30.1. The first-order valence-electron chi connectivity index (χ1n) is 30.1. The molecule has 0 aromatic rings. The van der Waals surface area contributed by atoms with E-state index in [0.717, 1.165) is 77.0 Å². The average Bonchev–Trinajstić information content (AvgIpc) is 3.35. The summed E-state index contributed by atoms with van der Waals surface area (Å²) in [6.07, 6.45) is 71.0. The van der Waals surface area contributed by atoms with Crippen LogP contribution < -0.4 is 0 Å². The highest BCUT2D eigenvalue weighted by Crippen LogP contribution is 2.16. The average molecular weight is 968 g/mol. The molecule has 0 amide bonds. The molecule has 6 nitrogen and oxygen atoms in total. The Hall–Kier alpha value is -2.63. The number of unbranched alkanes of at least 4 members (excludes halogenated alkanes) is 36.